The third-order valence-corrected chi connectivity index (χ3v) is 4.75. The van der Waals surface area contributed by atoms with Gasteiger partial charge in [-0.25, -0.2) is 8.42 Å². The van der Waals surface area contributed by atoms with Gasteiger partial charge in [0.15, 0.2) is 0 Å². The highest BCUT2D eigenvalue weighted by Gasteiger charge is 2.24. The molecule has 1 saturated heterocycles. The number of hydrogen-bond acceptors (Lipinski definition) is 4. The lowest BCUT2D eigenvalue weighted by molar-refractivity contribution is -0.117. The topological polar surface area (TPSA) is 57.7 Å². The fourth-order valence-electron chi connectivity index (χ4n) is 1.73. The first-order valence-corrected chi connectivity index (χ1v) is 7.26. The lowest BCUT2D eigenvalue weighted by atomic mass is 10.2. The van der Waals surface area contributed by atoms with Gasteiger partial charge in [-0.05, 0) is 13.8 Å². The Morgan fingerprint density at radius 3 is 2.19 bits per heavy atom. The van der Waals surface area contributed by atoms with Crippen molar-refractivity contribution in [2.75, 3.05) is 38.5 Å². The third kappa shape index (κ3) is 3.84. The minimum Gasteiger partial charge on any atom is -0.300 e. The highest BCUT2D eigenvalue weighted by Crippen LogP contribution is 2.08. The second-order valence-corrected chi connectivity index (χ2v) is 6.35. The van der Waals surface area contributed by atoms with Gasteiger partial charge in [0.25, 0.3) is 0 Å². The van der Waals surface area contributed by atoms with E-state index in [-0.39, 0.29) is 11.5 Å². The van der Waals surface area contributed by atoms with Crippen LogP contribution in [0, 0.1) is 0 Å². The lowest BCUT2D eigenvalue weighted by Gasteiger charge is -2.33. The molecule has 0 radical (unpaired) electrons. The van der Waals surface area contributed by atoms with E-state index in [0.29, 0.717) is 19.5 Å². The molecule has 0 aromatic carbocycles. The van der Waals surface area contributed by atoms with E-state index in [1.54, 1.807) is 13.8 Å². The minimum atomic E-state index is -3.04. The van der Waals surface area contributed by atoms with Crippen LogP contribution in [-0.2, 0) is 14.8 Å². The van der Waals surface area contributed by atoms with Crippen LogP contribution in [0.1, 0.15) is 20.3 Å². The molecule has 1 aliphatic rings. The number of Topliss-reactive ketones (excluding diaryl/α,β-unsaturated/α-hetero) is 1. The number of sulfonamides is 1. The molecule has 0 spiro atoms. The summed E-state index contributed by atoms with van der Waals surface area (Å²) in [7, 11) is -3.04. The van der Waals surface area contributed by atoms with E-state index in [4.69, 9.17) is 0 Å². The molecule has 0 bridgehead atoms. The van der Waals surface area contributed by atoms with Crippen LogP contribution in [0.4, 0.5) is 0 Å². The molecule has 0 amide bonds. The maximum absolute atomic E-state index is 11.6. The number of nitrogens with zero attached hydrogens (tertiary/aromatic N) is 2. The van der Waals surface area contributed by atoms with Crippen molar-refractivity contribution >= 4 is 15.8 Å². The van der Waals surface area contributed by atoms with Crippen LogP contribution in [0.3, 0.4) is 0 Å². The fraction of sp³-hybridized carbons (Fsp3) is 0.900. The highest BCUT2D eigenvalue weighted by atomic mass is 32.2. The number of piperazine rings is 1. The van der Waals surface area contributed by atoms with Crippen molar-refractivity contribution in [1.29, 1.82) is 0 Å². The Hall–Kier alpha value is -0.460. The van der Waals surface area contributed by atoms with E-state index < -0.39 is 10.0 Å². The average Bonchev–Trinajstić information content (AvgIpc) is 2.27. The van der Waals surface area contributed by atoms with Gasteiger partial charge in [-0.2, -0.15) is 4.31 Å². The molecule has 0 aromatic rings. The summed E-state index contributed by atoms with van der Waals surface area (Å²) in [5.41, 5.74) is 0. The lowest BCUT2D eigenvalue weighted by Crippen LogP contribution is -2.49. The predicted octanol–water partition coefficient (Wildman–Crippen LogP) is -0.0672. The maximum Gasteiger partial charge on any atom is 0.213 e. The van der Waals surface area contributed by atoms with Gasteiger partial charge in [0.05, 0.1) is 5.75 Å². The van der Waals surface area contributed by atoms with Crippen LogP contribution in [-0.4, -0.2) is 61.9 Å². The van der Waals surface area contributed by atoms with E-state index >= 15 is 0 Å². The minimum absolute atomic E-state index is 0.167. The summed E-state index contributed by atoms with van der Waals surface area (Å²) in [6.07, 6.45) is 0.556. The molecule has 6 heteroatoms. The van der Waals surface area contributed by atoms with Gasteiger partial charge in [0.2, 0.25) is 10.0 Å². The molecule has 1 aliphatic heterocycles. The molecule has 0 aliphatic carbocycles. The van der Waals surface area contributed by atoms with Crippen LogP contribution in [0.15, 0.2) is 0 Å². The smallest absolute Gasteiger partial charge is 0.213 e. The Labute approximate surface area is 97.5 Å². The van der Waals surface area contributed by atoms with Gasteiger partial charge < -0.3 is 4.90 Å². The molecular weight excluding hydrogens is 228 g/mol. The Morgan fingerprint density at radius 2 is 1.75 bits per heavy atom. The fourth-order valence-corrected chi connectivity index (χ4v) is 2.81. The van der Waals surface area contributed by atoms with Crippen molar-refractivity contribution < 1.29 is 13.2 Å². The summed E-state index contributed by atoms with van der Waals surface area (Å²) < 4.78 is 24.7. The zero-order chi connectivity index (χ0) is 12.2. The van der Waals surface area contributed by atoms with Gasteiger partial charge in [-0.15, -0.1) is 0 Å². The Bertz CT molecular complexity index is 332. The molecule has 94 valence electrons. The molecule has 1 fully saturated rings. The molecule has 0 aromatic heterocycles. The van der Waals surface area contributed by atoms with Crippen LogP contribution in [0.2, 0.25) is 0 Å². The molecule has 1 rings (SSSR count). The van der Waals surface area contributed by atoms with Crippen molar-refractivity contribution in [2.45, 2.75) is 20.3 Å². The second-order valence-electron chi connectivity index (χ2n) is 4.09. The summed E-state index contributed by atoms with van der Waals surface area (Å²) in [5.74, 6) is 0.351. The number of hydrogen-bond donors (Lipinski definition) is 0. The van der Waals surface area contributed by atoms with E-state index in [1.807, 2.05) is 0 Å². The highest BCUT2D eigenvalue weighted by molar-refractivity contribution is 7.89. The predicted molar refractivity (Wildman–Crippen MR) is 62.8 cm³/mol. The first kappa shape index (κ1) is 13.6. The van der Waals surface area contributed by atoms with E-state index in [1.165, 1.54) is 4.31 Å². The maximum atomic E-state index is 11.6. The van der Waals surface area contributed by atoms with Crippen LogP contribution in [0.25, 0.3) is 0 Å². The van der Waals surface area contributed by atoms with Crippen LogP contribution in [0.5, 0.6) is 0 Å². The number of carbonyl (C=O) groups is 1. The van der Waals surface area contributed by atoms with Gasteiger partial charge >= 0.3 is 0 Å². The van der Waals surface area contributed by atoms with Crippen molar-refractivity contribution in [2.24, 2.45) is 0 Å². The van der Waals surface area contributed by atoms with Gasteiger partial charge in [-0.1, -0.05) is 0 Å². The number of rotatable bonds is 5. The third-order valence-electron chi connectivity index (χ3n) is 2.87. The summed E-state index contributed by atoms with van der Waals surface area (Å²) in [5, 5.41) is 0. The summed E-state index contributed by atoms with van der Waals surface area (Å²) in [6, 6.07) is 0. The first-order chi connectivity index (χ1) is 7.45. The van der Waals surface area contributed by atoms with E-state index in [9.17, 15) is 13.2 Å². The number of carbonyl (C=O) groups excluding carboxylic acids is 1. The Kier molecular flexibility index (Phi) is 4.89. The molecule has 16 heavy (non-hydrogen) atoms. The van der Waals surface area contributed by atoms with Crippen molar-refractivity contribution in [3.8, 4) is 0 Å². The zero-order valence-corrected chi connectivity index (χ0v) is 10.8. The van der Waals surface area contributed by atoms with Crippen molar-refractivity contribution in [1.82, 2.24) is 9.21 Å². The summed E-state index contributed by atoms with van der Waals surface area (Å²) >= 11 is 0. The molecule has 5 nitrogen and oxygen atoms in total. The van der Waals surface area contributed by atoms with Crippen molar-refractivity contribution in [3.05, 3.63) is 0 Å². The number of ketones is 1. The molecule has 1 heterocycles. The SMILES string of the molecule is CCS(=O)(=O)N1CCN(CCC(C)=O)CC1. The van der Waals surface area contributed by atoms with E-state index in [2.05, 4.69) is 4.90 Å². The molecular formula is C10H20N2O3S. The van der Waals surface area contributed by atoms with Crippen molar-refractivity contribution in [3.63, 3.8) is 0 Å². The largest absolute Gasteiger partial charge is 0.300 e. The molecule has 0 N–H and O–H groups in total. The normalized spacial score (nSPS) is 19.9. The average molecular weight is 248 g/mol. The molecule has 0 unspecified atom stereocenters. The zero-order valence-electron chi connectivity index (χ0n) is 9.98. The van der Waals surface area contributed by atoms with Gasteiger partial charge in [0, 0.05) is 39.1 Å². The van der Waals surface area contributed by atoms with Gasteiger partial charge in [0.1, 0.15) is 5.78 Å². The standard InChI is InChI=1S/C10H20N2O3S/c1-3-16(14,15)12-8-6-11(7-9-12)5-4-10(2)13/h3-9H2,1-2H3. The quantitative estimate of drug-likeness (QED) is 0.683. The second kappa shape index (κ2) is 5.75. The van der Waals surface area contributed by atoms with Crippen LogP contribution < -0.4 is 0 Å². The molecule has 0 atom stereocenters. The van der Waals surface area contributed by atoms with Gasteiger partial charge in [-0.3, -0.25) is 4.79 Å². The van der Waals surface area contributed by atoms with E-state index in [0.717, 1.165) is 19.6 Å². The summed E-state index contributed by atoms with van der Waals surface area (Å²) in [6.45, 7) is 6.55. The van der Waals surface area contributed by atoms with Crippen LogP contribution >= 0.6 is 0 Å². The monoisotopic (exact) mass is 248 g/mol. The Morgan fingerprint density at radius 1 is 1.19 bits per heavy atom. The molecule has 0 saturated carbocycles. The summed E-state index contributed by atoms with van der Waals surface area (Å²) in [4.78, 5) is 13.0. The first-order valence-electron chi connectivity index (χ1n) is 5.65. The Balaban J connectivity index is 2.37.